The summed E-state index contributed by atoms with van der Waals surface area (Å²) in [6, 6.07) is 4.04. The van der Waals surface area contributed by atoms with E-state index in [1.807, 2.05) is 17.2 Å². The molecule has 1 N–H and O–H groups in total. The van der Waals surface area contributed by atoms with Gasteiger partial charge >= 0.3 is 0 Å². The number of hydrogen-bond acceptors (Lipinski definition) is 3. The van der Waals surface area contributed by atoms with Gasteiger partial charge in [0.15, 0.2) is 0 Å². The summed E-state index contributed by atoms with van der Waals surface area (Å²) in [6.07, 6.45) is 5.81. The van der Waals surface area contributed by atoms with E-state index in [-0.39, 0.29) is 0 Å². The van der Waals surface area contributed by atoms with E-state index >= 15 is 0 Å². The van der Waals surface area contributed by atoms with Gasteiger partial charge in [-0.05, 0) is 43.5 Å². The van der Waals surface area contributed by atoms with Crippen LogP contribution >= 0.6 is 0 Å². The number of piperidine rings is 1. The monoisotopic (exact) mass is 259 g/mol. The van der Waals surface area contributed by atoms with Crippen molar-refractivity contribution in [3.63, 3.8) is 0 Å². The van der Waals surface area contributed by atoms with Crippen LogP contribution in [0, 0.1) is 5.92 Å². The van der Waals surface area contributed by atoms with Crippen molar-refractivity contribution in [2.75, 3.05) is 19.6 Å². The van der Waals surface area contributed by atoms with Crippen molar-refractivity contribution in [1.29, 1.82) is 0 Å². The van der Waals surface area contributed by atoms with Crippen LogP contribution in [-0.4, -0.2) is 35.4 Å². The highest BCUT2D eigenvalue weighted by molar-refractivity contribution is 5.76. The Morgan fingerprint density at radius 1 is 1.53 bits per heavy atom. The van der Waals surface area contributed by atoms with Gasteiger partial charge in [-0.25, -0.2) is 0 Å². The summed E-state index contributed by atoms with van der Waals surface area (Å²) in [5.74, 6) is 0.833. The minimum atomic E-state index is 0.309. The molecular weight excluding hydrogens is 238 g/mol. The Kier molecular flexibility index (Phi) is 3.78. The number of fused-ring (bicyclic) bond motifs is 1. The third-order valence-corrected chi connectivity index (χ3v) is 4.18. The van der Waals surface area contributed by atoms with Crippen LogP contribution in [0.3, 0.4) is 0 Å². The molecule has 0 saturated carbocycles. The number of pyridine rings is 1. The predicted octanol–water partition coefficient (Wildman–Crippen LogP) is 1.36. The average molecular weight is 259 g/mol. The van der Waals surface area contributed by atoms with Crippen LogP contribution in [-0.2, 0) is 17.8 Å². The highest BCUT2D eigenvalue weighted by atomic mass is 16.2. The maximum Gasteiger partial charge on any atom is 0.223 e. The van der Waals surface area contributed by atoms with Crippen molar-refractivity contribution < 1.29 is 4.79 Å². The van der Waals surface area contributed by atoms with Gasteiger partial charge in [-0.2, -0.15) is 0 Å². The van der Waals surface area contributed by atoms with Crippen molar-refractivity contribution in [2.45, 2.75) is 32.2 Å². The number of hydrogen-bond donors (Lipinski definition) is 1. The SMILES string of the molecule is O=C(CC1CCCNC1)N1CCc2ncccc2C1. The molecule has 3 heterocycles. The zero-order valence-electron chi connectivity index (χ0n) is 11.3. The van der Waals surface area contributed by atoms with E-state index < -0.39 is 0 Å². The van der Waals surface area contributed by atoms with Crippen LogP contribution in [0.15, 0.2) is 18.3 Å². The first-order chi connectivity index (χ1) is 9.33. The number of rotatable bonds is 2. The molecule has 1 saturated heterocycles. The Hall–Kier alpha value is -1.42. The van der Waals surface area contributed by atoms with Crippen LogP contribution in [0.25, 0.3) is 0 Å². The summed E-state index contributed by atoms with van der Waals surface area (Å²) in [5, 5.41) is 3.38. The molecule has 1 atom stereocenters. The summed E-state index contributed by atoms with van der Waals surface area (Å²) < 4.78 is 0. The molecule has 1 aromatic heterocycles. The molecule has 2 aliphatic heterocycles. The smallest absolute Gasteiger partial charge is 0.223 e. The van der Waals surface area contributed by atoms with Crippen LogP contribution in [0.2, 0.25) is 0 Å². The normalized spacial score (nSPS) is 22.9. The maximum absolute atomic E-state index is 12.4. The molecule has 1 aromatic rings. The van der Waals surface area contributed by atoms with Crippen molar-refractivity contribution in [2.24, 2.45) is 5.92 Å². The molecule has 0 aliphatic carbocycles. The van der Waals surface area contributed by atoms with E-state index in [2.05, 4.69) is 16.4 Å². The number of carbonyl (C=O) groups is 1. The van der Waals surface area contributed by atoms with Gasteiger partial charge in [0.1, 0.15) is 0 Å². The van der Waals surface area contributed by atoms with E-state index in [9.17, 15) is 4.79 Å². The Morgan fingerprint density at radius 3 is 3.32 bits per heavy atom. The number of nitrogens with zero attached hydrogens (tertiary/aromatic N) is 2. The van der Waals surface area contributed by atoms with Gasteiger partial charge in [0, 0.05) is 37.8 Å². The van der Waals surface area contributed by atoms with Crippen LogP contribution in [0.4, 0.5) is 0 Å². The van der Waals surface area contributed by atoms with Crippen molar-refractivity contribution in [3.05, 3.63) is 29.6 Å². The van der Waals surface area contributed by atoms with Gasteiger partial charge < -0.3 is 10.2 Å². The molecule has 1 unspecified atom stereocenters. The largest absolute Gasteiger partial charge is 0.338 e. The van der Waals surface area contributed by atoms with Gasteiger partial charge in [0.25, 0.3) is 0 Å². The summed E-state index contributed by atoms with van der Waals surface area (Å²) in [4.78, 5) is 18.7. The van der Waals surface area contributed by atoms with Crippen LogP contribution < -0.4 is 5.32 Å². The van der Waals surface area contributed by atoms with E-state index in [1.165, 1.54) is 18.4 Å². The summed E-state index contributed by atoms with van der Waals surface area (Å²) in [7, 11) is 0. The standard InChI is InChI=1S/C15H21N3O/c19-15(9-12-3-1-6-16-10-12)18-8-5-14-13(11-18)4-2-7-17-14/h2,4,7,12,16H,1,3,5-6,8-11H2. The first kappa shape index (κ1) is 12.6. The molecule has 4 nitrogen and oxygen atoms in total. The molecule has 3 rings (SSSR count). The molecule has 2 aliphatic rings. The fourth-order valence-electron chi connectivity index (χ4n) is 3.05. The van der Waals surface area contributed by atoms with Crippen molar-refractivity contribution in [1.82, 2.24) is 15.2 Å². The highest BCUT2D eigenvalue weighted by Gasteiger charge is 2.24. The second-order valence-corrected chi connectivity index (χ2v) is 5.59. The first-order valence-corrected chi connectivity index (χ1v) is 7.24. The average Bonchev–Trinajstić information content (AvgIpc) is 2.48. The fourth-order valence-corrected chi connectivity index (χ4v) is 3.05. The topological polar surface area (TPSA) is 45.2 Å². The Labute approximate surface area is 114 Å². The molecule has 0 bridgehead atoms. The van der Waals surface area contributed by atoms with Crippen molar-refractivity contribution >= 4 is 5.91 Å². The molecule has 0 radical (unpaired) electrons. The van der Waals surface area contributed by atoms with E-state index in [1.54, 1.807) is 0 Å². The molecule has 0 spiro atoms. The molecular formula is C15H21N3O. The van der Waals surface area contributed by atoms with Gasteiger partial charge in [-0.15, -0.1) is 0 Å². The molecule has 19 heavy (non-hydrogen) atoms. The quantitative estimate of drug-likeness (QED) is 0.872. The van der Waals surface area contributed by atoms with Gasteiger partial charge in [-0.3, -0.25) is 9.78 Å². The number of amides is 1. The number of carbonyl (C=O) groups excluding carboxylic acids is 1. The van der Waals surface area contributed by atoms with Crippen LogP contribution in [0.1, 0.15) is 30.5 Å². The second kappa shape index (κ2) is 5.70. The van der Waals surface area contributed by atoms with Crippen LogP contribution in [0.5, 0.6) is 0 Å². The second-order valence-electron chi connectivity index (χ2n) is 5.59. The Bertz CT molecular complexity index is 454. The first-order valence-electron chi connectivity index (χ1n) is 7.24. The number of nitrogens with one attached hydrogen (secondary N) is 1. The molecule has 102 valence electrons. The molecule has 1 amide bonds. The molecule has 4 heteroatoms. The summed E-state index contributed by atoms with van der Waals surface area (Å²) >= 11 is 0. The predicted molar refractivity (Wildman–Crippen MR) is 73.6 cm³/mol. The zero-order valence-corrected chi connectivity index (χ0v) is 11.3. The summed E-state index contributed by atoms with van der Waals surface area (Å²) in [6.45, 7) is 3.66. The third-order valence-electron chi connectivity index (χ3n) is 4.18. The van der Waals surface area contributed by atoms with Gasteiger partial charge in [0.2, 0.25) is 5.91 Å². The number of aromatic nitrogens is 1. The Morgan fingerprint density at radius 2 is 2.47 bits per heavy atom. The minimum Gasteiger partial charge on any atom is -0.338 e. The van der Waals surface area contributed by atoms with Gasteiger partial charge in [-0.1, -0.05) is 6.07 Å². The maximum atomic E-state index is 12.4. The van der Waals surface area contributed by atoms with E-state index in [0.717, 1.165) is 38.3 Å². The minimum absolute atomic E-state index is 0.309. The third kappa shape index (κ3) is 2.95. The van der Waals surface area contributed by atoms with Crippen molar-refractivity contribution in [3.8, 4) is 0 Å². The lowest BCUT2D eigenvalue weighted by molar-refractivity contribution is -0.133. The highest BCUT2D eigenvalue weighted by Crippen LogP contribution is 2.20. The van der Waals surface area contributed by atoms with E-state index in [4.69, 9.17) is 0 Å². The summed E-state index contributed by atoms with van der Waals surface area (Å²) in [5.41, 5.74) is 2.37. The molecule has 1 fully saturated rings. The Balaban J connectivity index is 1.59. The van der Waals surface area contributed by atoms with Gasteiger partial charge in [0.05, 0.1) is 0 Å². The lowest BCUT2D eigenvalue weighted by atomic mass is 9.95. The van der Waals surface area contributed by atoms with E-state index in [0.29, 0.717) is 18.2 Å². The lowest BCUT2D eigenvalue weighted by Gasteiger charge is -2.30. The zero-order chi connectivity index (χ0) is 13.1. The molecule has 0 aromatic carbocycles. The lowest BCUT2D eigenvalue weighted by Crippen LogP contribution is -2.39. The fraction of sp³-hybridized carbons (Fsp3) is 0.600.